The second kappa shape index (κ2) is 4.63. The number of amides is 1. The zero-order valence-corrected chi connectivity index (χ0v) is 9.92. The van der Waals surface area contributed by atoms with Crippen LogP contribution in [0.5, 0.6) is 0 Å². The highest BCUT2D eigenvalue weighted by Gasteiger charge is 2.39. The largest absolute Gasteiger partial charge is 0.416 e. The molecule has 0 radical (unpaired) electrons. The van der Waals surface area contributed by atoms with E-state index in [1.807, 2.05) is 6.92 Å². The molecule has 0 aliphatic heterocycles. The maximum Gasteiger partial charge on any atom is 0.416 e. The van der Waals surface area contributed by atoms with Gasteiger partial charge in [-0.15, -0.1) is 0 Å². The Hall–Kier alpha value is -1.52. The summed E-state index contributed by atoms with van der Waals surface area (Å²) in [5, 5.41) is 2.56. The highest BCUT2D eigenvalue weighted by molar-refractivity contribution is 5.81. The van der Waals surface area contributed by atoms with Crippen molar-refractivity contribution in [3.05, 3.63) is 35.4 Å². The van der Waals surface area contributed by atoms with Crippen molar-refractivity contribution in [1.82, 2.24) is 5.32 Å². The topological polar surface area (TPSA) is 29.1 Å². The Balaban J connectivity index is 2.03. The number of benzene rings is 1. The maximum absolute atomic E-state index is 12.7. The van der Waals surface area contributed by atoms with Crippen molar-refractivity contribution in [2.24, 2.45) is 11.8 Å². The highest BCUT2D eigenvalue weighted by atomic mass is 19.4. The summed E-state index contributed by atoms with van der Waals surface area (Å²) in [5.74, 6) is 0.172. The third-order valence-electron chi connectivity index (χ3n) is 3.22. The Morgan fingerprint density at radius 2 is 2.00 bits per heavy atom. The van der Waals surface area contributed by atoms with E-state index in [2.05, 4.69) is 5.32 Å². The third kappa shape index (κ3) is 2.83. The molecule has 1 fully saturated rings. The number of hydrogen-bond acceptors (Lipinski definition) is 1. The molecule has 2 unspecified atom stereocenters. The molecule has 0 aromatic heterocycles. The van der Waals surface area contributed by atoms with Crippen molar-refractivity contribution >= 4 is 5.91 Å². The number of nitrogens with one attached hydrogen (secondary N) is 1. The van der Waals surface area contributed by atoms with Crippen molar-refractivity contribution in [2.45, 2.75) is 26.1 Å². The Labute approximate surface area is 103 Å². The van der Waals surface area contributed by atoms with E-state index in [1.165, 1.54) is 18.2 Å². The van der Waals surface area contributed by atoms with Crippen LogP contribution >= 0.6 is 0 Å². The second-order valence-corrected chi connectivity index (χ2v) is 4.69. The summed E-state index contributed by atoms with van der Waals surface area (Å²) in [6.07, 6.45) is -3.55. The van der Waals surface area contributed by atoms with E-state index < -0.39 is 11.7 Å². The zero-order valence-electron chi connectivity index (χ0n) is 9.92. The predicted molar refractivity (Wildman–Crippen MR) is 60.6 cm³/mol. The van der Waals surface area contributed by atoms with Gasteiger partial charge in [-0.25, -0.2) is 0 Å². The molecule has 1 aliphatic carbocycles. The number of alkyl halides is 3. The number of carbonyl (C=O) groups is 1. The van der Waals surface area contributed by atoms with Crippen LogP contribution in [-0.2, 0) is 17.5 Å². The fraction of sp³-hybridized carbons (Fsp3) is 0.462. The summed E-state index contributed by atoms with van der Waals surface area (Å²) in [5.41, 5.74) is -0.583. The molecule has 1 aromatic rings. The van der Waals surface area contributed by atoms with E-state index in [9.17, 15) is 18.0 Å². The molecule has 0 bridgehead atoms. The van der Waals surface area contributed by atoms with Crippen LogP contribution in [0.2, 0.25) is 0 Å². The lowest BCUT2D eigenvalue weighted by Gasteiger charge is -2.13. The first kappa shape index (κ1) is 12.9. The van der Waals surface area contributed by atoms with Crippen molar-refractivity contribution in [2.75, 3.05) is 0 Å². The van der Waals surface area contributed by atoms with E-state index in [0.29, 0.717) is 5.92 Å². The van der Waals surface area contributed by atoms with Gasteiger partial charge in [0, 0.05) is 12.5 Å². The number of hydrogen-bond donors (Lipinski definition) is 1. The van der Waals surface area contributed by atoms with Gasteiger partial charge in [0.25, 0.3) is 0 Å². The molecule has 1 amide bonds. The summed E-state index contributed by atoms with van der Waals surface area (Å²) < 4.78 is 38.1. The Morgan fingerprint density at radius 3 is 2.56 bits per heavy atom. The van der Waals surface area contributed by atoms with Gasteiger partial charge in [0.1, 0.15) is 0 Å². The van der Waals surface area contributed by atoms with Crippen LogP contribution in [-0.4, -0.2) is 5.91 Å². The van der Waals surface area contributed by atoms with Gasteiger partial charge in [-0.3, -0.25) is 4.79 Å². The molecule has 2 atom stereocenters. The first-order valence-electron chi connectivity index (χ1n) is 5.82. The Bertz CT molecular complexity index is 456. The van der Waals surface area contributed by atoms with E-state index in [4.69, 9.17) is 0 Å². The summed E-state index contributed by atoms with van der Waals surface area (Å²) >= 11 is 0. The SMILES string of the molecule is CC1CC1C(=O)NCc1ccccc1C(F)(F)F. The van der Waals surface area contributed by atoms with Crippen molar-refractivity contribution in [3.8, 4) is 0 Å². The summed E-state index contributed by atoms with van der Waals surface area (Å²) in [6.45, 7) is 1.88. The average Bonchev–Trinajstić information content (AvgIpc) is 3.02. The zero-order chi connectivity index (χ0) is 13.3. The van der Waals surface area contributed by atoms with Crippen LogP contribution in [0.25, 0.3) is 0 Å². The molecule has 1 saturated carbocycles. The molecule has 1 aromatic carbocycles. The van der Waals surface area contributed by atoms with Gasteiger partial charge in [-0.05, 0) is 24.0 Å². The van der Waals surface area contributed by atoms with Crippen LogP contribution in [0.1, 0.15) is 24.5 Å². The molecule has 2 rings (SSSR count). The molecule has 5 heteroatoms. The van der Waals surface area contributed by atoms with E-state index >= 15 is 0 Å². The molecule has 1 aliphatic rings. The molecule has 0 spiro atoms. The average molecular weight is 257 g/mol. The first-order chi connectivity index (χ1) is 8.39. The monoisotopic (exact) mass is 257 g/mol. The minimum atomic E-state index is -4.38. The fourth-order valence-electron chi connectivity index (χ4n) is 1.95. The molecule has 1 N–H and O–H groups in total. The smallest absolute Gasteiger partial charge is 0.352 e. The van der Waals surface area contributed by atoms with Crippen LogP contribution in [0, 0.1) is 11.8 Å². The lowest BCUT2D eigenvalue weighted by molar-refractivity contribution is -0.138. The number of rotatable bonds is 3. The second-order valence-electron chi connectivity index (χ2n) is 4.69. The van der Waals surface area contributed by atoms with Crippen LogP contribution < -0.4 is 5.32 Å². The van der Waals surface area contributed by atoms with Gasteiger partial charge in [0.2, 0.25) is 5.91 Å². The fourth-order valence-corrected chi connectivity index (χ4v) is 1.95. The summed E-state index contributed by atoms with van der Waals surface area (Å²) in [7, 11) is 0. The minimum absolute atomic E-state index is 0.0250. The summed E-state index contributed by atoms with van der Waals surface area (Å²) in [4.78, 5) is 11.6. The molecular formula is C13H14F3NO. The van der Waals surface area contributed by atoms with Gasteiger partial charge >= 0.3 is 6.18 Å². The first-order valence-corrected chi connectivity index (χ1v) is 5.82. The normalized spacial score (nSPS) is 22.7. The Morgan fingerprint density at radius 1 is 1.39 bits per heavy atom. The van der Waals surface area contributed by atoms with E-state index in [1.54, 1.807) is 0 Å². The Kier molecular flexibility index (Phi) is 3.32. The molecule has 18 heavy (non-hydrogen) atoms. The van der Waals surface area contributed by atoms with Gasteiger partial charge in [-0.2, -0.15) is 13.2 Å². The molecule has 0 heterocycles. The van der Waals surface area contributed by atoms with Crippen LogP contribution in [0.4, 0.5) is 13.2 Å². The quantitative estimate of drug-likeness (QED) is 0.886. The maximum atomic E-state index is 12.7. The molecular weight excluding hydrogens is 243 g/mol. The van der Waals surface area contributed by atoms with Gasteiger partial charge in [0.15, 0.2) is 0 Å². The number of carbonyl (C=O) groups excluding carboxylic acids is 1. The number of halogens is 3. The van der Waals surface area contributed by atoms with Crippen molar-refractivity contribution in [1.29, 1.82) is 0 Å². The lowest BCUT2D eigenvalue weighted by atomic mass is 10.1. The van der Waals surface area contributed by atoms with Crippen LogP contribution in [0.15, 0.2) is 24.3 Å². The van der Waals surface area contributed by atoms with Gasteiger partial charge in [0.05, 0.1) is 5.56 Å². The van der Waals surface area contributed by atoms with Crippen LogP contribution in [0.3, 0.4) is 0 Å². The van der Waals surface area contributed by atoms with Gasteiger partial charge in [-0.1, -0.05) is 25.1 Å². The molecule has 0 saturated heterocycles. The standard InChI is InChI=1S/C13H14F3NO/c1-8-6-10(8)12(18)17-7-9-4-2-3-5-11(9)13(14,15)16/h2-5,8,10H,6-7H2,1H3,(H,17,18). The van der Waals surface area contributed by atoms with E-state index in [0.717, 1.165) is 12.5 Å². The van der Waals surface area contributed by atoms with E-state index in [-0.39, 0.29) is 23.9 Å². The molecule has 98 valence electrons. The van der Waals surface area contributed by atoms with Crippen molar-refractivity contribution in [3.63, 3.8) is 0 Å². The van der Waals surface area contributed by atoms with Gasteiger partial charge < -0.3 is 5.32 Å². The molecule has 2 nitrogen and oxygen atoms in total. The highest BCUT2D eigenvalue weighted by Crippen LogP contribution is 2.38. The lowest BCUT2D eigenvalue weighted by Crippen LogP contribution is -2.26. The minimum Gasteiger partial charge on any atom is -0.352 e. The predicted octanol–water partition coefficient (Wildman–Crippen LogP) is 2.98. The van der Waals surface area contributed by atoms with Crippen molar-refractivity contribution < 1.29 is 18.0 Å². The third-order valence-corrected chi connectivity index (χ3v) is 3.22. The summed E-state index contributed by atoms with van der Waals surface area (Å²) in [6, 6.07) is 5.30.